The van der Waals surface area contributed by atoms with Crippen molar-refractivity contribution in [3.63, 3.8) is 0 Å². The molecule has 0 aliphatic carbocycles. The molecule has 8 atom stereocenters. The molecule has 0 radical (unpaired) electrons. The Morgan fingerprint density at radius 1 is 0.488 bits per heavy atom. The fourth-order valence-electron chi connectivity index (χ4n) is 9.69. The van der Waals surface area contributed by atoms with E-state index < -0.39 is 95.7 Å². The van der Waals surface area contributed by atoms with E-state index in [0.29, 0.717) is 38.8 Å². The lowest BCUT2D eigenvalue weighted by Crippen LogP contribution is -2.60. The quantitative estimate of drug-likeness (QED) is 0.0174. The number of para-hydroxylation sites is 2. The van der Waals surface area contributed by atoms with E-state index in [9.17, 15) is 43.5 Å². The summed E-state index contributed by atoms with van der Waals surface area (Å²) in [6.45, 7) is 11.8. The number of carboxylic acids is 1. The van der Waals surface area contributed by atoms with E-state index in [-0.39, 0.29) is 88.0 Å². The maximum Gasteiger partial charge on any atom is 0.326 e. The van der Waals surface area contributed by atoms with Crippen LogP contribution in [-0.4, -0.2) is 136 Å². The predicted octanol–water partition coefficient (Wildman–Crippen LogP) is 1.90. The number of amides is 7. The number of carbonyl (C=O) groups is 8. The molecule has 24 nitrogen and oxygen atoms in total. The van der Waals surface area contributed by atoms with Crippen LogP contribution in [0.25, 0.3) is 21.8 Å². The normalized spacial score (nSPS) is 14.4. The molecule has 0 bridgehead atoms. The van der Waals surface area contributed by atoms with E-state index in [1.165, 1.54) is 0 Å². The summed E-state index contributed by atoms with van der Waals surface area (Å²) in [6.07, 6.45) is 6.43. The summed E-state index contributed by atoms with van der Waals surface area (Å²) >= 11 is 0. The van der Waals surface area contributed by atoms with Gasteiger partial charge in [-0.2, -0.15) is 0 Å². The SMILES string of the molecule is CC(C)C[C@H](NC(=O)[C@H](CCCCN)NC(=O)[C@H](CCCNC(=N)N)NC(=O)[C@H](CC(C)C)NC(=O)[C@H](CC(C)C)NC(=O)[C@H](CCCCN)NC(=O)[C@H](Cc1c[nH]c2ccccc12)NC(=O)[C@@H](N)Cc1c[nH]c2ccccc12)C(=O)O. The number of fused-ring (bicyclic) bond motifs is 2. The summed E-state index contributed by atoms with van der Waals surface area (Å²) in [7, 11) is 0. The van der Waals surface area contributed by atoms with Gasteiger partial charge < -0.3 is 80.5 Å². The molecule has 2 heterocycles. The third kappa shape index (κ3) is 22.1. The van der Waals surface area contributed by atoms with Gasteiger partial charge in [0.25, 0.3) is 0 Å². The molecule has 2 aromatic heterocycles. The number of nitrogens with two attached hydrogens (primary N) is 4. The van der Waals surface area contributed by atoms with Gasteiger partial charge in [-0.05, 0) is 131 Å². The van der Waals surface area contributed by atoms with E-state index in [0.717, 1.165) is 32.9 Å². The Hall–Kier alpha value is -7.57. The number of carbonyl (C=O) groups excluding carboxylic acids is 7. The molecule has 82 heavy (non-hydrogen) atoms. The van der Waals surface area contributed by atoms with Crippen molar-refractivity contribution in [2.24, 2.45) is 40.7 Å². The topological polar surface area (TPSA) is 413 Å². The first-order valence-electron chi connectivity index (χ1n) is 28.7. The van der Waals surface area contributed by atoms with Crippen molar-refractivity contribution >= 4 is 75.1 Å². The molecule has 0 aliphatic rings. The zero-order valence-electron chi connectivity index (χ0n) is 48.5. The molecular formula is C58H91N15O9. The van der Waals surface area contributed by atoms with Crippen LogP contribution in [0.5, 0.6) is 0 Å². The van der Waals surface area contributed by atoms with Gasteiger partial charge in [0.2, 0.25) is 41.4 Å². The number of hydrogen-bond acceptors (Lipinski definition) is 12. The minimum absolute atomic E-state index is 0.00410. The lowest BCUT2D eigenvalue weighted by molar-refractivity contribution is -0.143. The number of benzene rings is 2. The van der Waals surface area contributed by atoms with Crippen molar-refractivity contribution in [1.82, 2.24) is 52.5 Å². The highest BCUT2D eigenvalue weighted by atomic mass is 16.4. The lowest BCUT2D eigenvalue weighted by atomic mass is 9.98. The highest BCUT2D eigenvalue weighted by Gasteiger charge is 2.35. The summed E-state index contributed by atoms with van der Waals surface area (Å²) in [4.78, 5) is 119. The minimum atomic E-state index is -1.28. The highest BCUT2D eigenvalue weighted by molar-refractivity contribution is 5.98. The number of aromatic amines is 2. The standard InChI is InChI=1S/C58H91N15O9/c1-33(2)26-46(54(78)69-45(22-15-25-64-58(62)63)51(75)67-44(21-12-14-24-60)53(77)73-49(57(81)82)28-35(5)6)72-55(79)47(27-34(3)4)71-52(76)43(20-11-13-23-59)68-56(80)48(30-37-32-66-42-19-10-8-17-39(37)42)70-50(74)40(61)29-36-31-65-41-18-9-7-16-38(36)41/h7-10,16-19,31-35,40,43-49,65-66H,11-15,20-30,59-61H2,1-6H3,(H,67,75)(H,68,80)(H,69,78)(H,70,74)(H,71,76)(H,72,79)(H,73,77)(H,81,82)(H4,62,63,64)/t40-,43-,44-,45-,46-,47-,48-,49-/m0/s1. The second-order valence-corrected chi connectivity index (χ2v) is 22.4. The molecule has 20 N–H and O–H groups in total. The number of rotatable bonds is 37. The Bertz CT molecular complexity index is 2740. The van der Waals surface area contributed by atoms with Crippen molar-refractivity contribution in [2.75, 3.05) is 19.6 Å². The van der Waals surface area contributed by atoms with Gasteiger partial charge in [-0.25, -0.2) is 4.79 Å². The summed E-state index contributed by atoms with van der Waals surface area (Å²) in [5.74, 6) is -6.81. The molecule has 4 rings (SSSR count). The maximum absolute atomic E-state index is 14.6. The molecule has 452 valence electrons. The number of aromatic nitrogens is 2. The van der Waals surface area contributed by atoms with Crippen LogP contribution in [0.3, 0.4) is 0 Å². The van der Waals surface area contributed by atoms with Crippen molar-refractivity contribution < 1.29 is 43.5 Å². The van der Waals surface area contributed by atoms with E-state index in [1.54, 1.807) is 12.4 Å². The number of H-pyrrole nitrogens is 2. The monoisotopic (exact) mass is 1140 g/mol. The third-order valence-electron chi connectivity index (χ3n) is 14.0. The van der Waals surface area contributed by atoms with Gasteiger partial charge in [-0.15, -0.1) is 0 Å². The number of guanidine groups is 1. The van der Waals surface area contributed by atoms with Crippen LogP contribution in [0.15, 0.2) is 60.9 Å². The summed E-state index contributed by atoms with van der Waals surface area (Å²) in [5.41, 5.74) is 26.9. The van der Waals surface area contributed by atoms with Crippen LogP contribution in [0.2, 0.25) is 0 Å². The van der Waals surface area contributed by atoms with E-state index >= 15 is 0 Å². The zero-order valence-corrected chi connectivity index (χ0v) is 48.5. The fraction of sp³-hybridized carbons (Fsp3) is 0.569. The molecule has 0 saturated carbocycles. The third-order valence-corrected chi connectivity index (χ3v) is 14.0. The first-order chi connectivity index (χ1) is 39.0. The maximum atomic E-state index is 14.6. The number of nitrogens with one attached hydrogen (secondary N) is 11. The number of carboxylic acid groups (broad SMARTS) is 1. The van der Waals surface area contributed by atoms with Crippen LogP contribution in [0.4, 0.5) is 0 Å². The van der Waals surface area contributed by atoms with Gasteiger partial charge in [-0.3, -0.25) is 39.0 Å². The van der Waals surface area contributed by atoms with Crippen molar-refractivity contribution in [3.05, 3.63) is 72.1 Å². The van der Waals surface area contributed by atoms with Gasteiger partial charge in [0.15, 0.2) is 5.96 Å². The van der Waals surface area contributed by atoms with Gasteiger partial charge in [-0.1, -0.05) is 77.9 Å². The number of unbranched alkanes of at least 4 members (excludes halogenated alkanes) is 2. The first kappa shape index (κ1) is 66.9. The average molecular weight is 1140 g/mol. The molecule has 0 unspecified atom stereocenters. The molecule has 4 aromatic rings. The highest BCUT2D eigenvalue weighted by Crippen LogP contribution is 2.22. The Balaban J connectivity index is 1.59. The predicted molar refractivity (Wildman–Crippen MR) is 316 cm³/mol. The molecule has 2 aromatic carbocycles. The Kier molecular flexibility index (Phi) is 27.8. The van der Waals surface area contributed by atoms with Crippen molar-refractivity contribution in [1.29, 1.82) is 5.41 Å². The van der Waals surface area contributed by atoms with Crippen LogP contribution in [0, 0.1) is 23.2 Å². The van der Waals surface area contributed by atoms with Crippen LogP contribution in [-0.2, 0) is 51.2 Å². The summed E-state index contributed by atoms with van der Waals surface area (Å²) in [6, 6.07) is 5.52. The van der Waals surface area contributed by atoms with Crippen molar-refractivity contribution in [3.8, 4) is 0 Å². The first-order valence-corrected chi connectivity index (χ1v) is 28.7. The Morgan fingerprint density at radius 3 is 1.26 bits per heavy atom. The Morgan fingerprint density at radius 2 is 0.841 bits per heavy atom. The minimum Gasteiger partial charge on any atom is -0.480 e. The van der Waals surface area contributed by atoms with E-state index in [1.807, 2.05) is 90.1 Å². The molecule has 0 saturated heterocycles. The number of aliphatic carboxylic acids is 1. The number of hydrogen-bond donors (Lipinski definition) is 16. The molecular weight excluding hydrogens is 1050 g/mol. The summed E-state index contributed by atoms with van der Waals surface area (Å²) < 4.78 is 0. The van der Waals surface area contributed by atoms with Crippen LogP contribution < -0.4 is 65.5 Å². The van der Waals surface area contributed by atoms with Gasteiger partial charge in [0.05, 0.1) is 6.04 Å². The van der Waals surface area contributed by atoms with Crippen LogP contribution >= 0.6 is 0 Å². The second kappa shape index (κ2) is 34.0. The zero-order chi connectivity index (χ0) is 60.5. The second-order valence-electron chi connectivity index (χ2n) is 22.4. The average Bonchev–Trinajstić information content (AvgIpc) is 4.23. The van der Waals surface area contributed by atoms with E-state index in [4.69, 9.17) is 28.3 Å². The van der Waals surface area contributed by atoms with Crippen LogP contribution in [0.1, 0.15) is 123 Å². The molecule has 0 aliphatic heterocycles. The molecule has 0 fully saturated rings. The Labute approximate surface area is 480 Å². The lowest BCUT2D eigenvalue weighted by Gasteiger charge is -2.29. The smallest absolute Gasteiger partial charge is 0.326 e. The fourth-order valence-corrected chi connectivity index (χ4v) is 9.69. The molecule has 0 spiro atoms. The largest absolute Gasteiger partial charge is 0.480 e. The van der Waals surface area contributed by atoms with Gasteiger partial charge in [0, 0.05) is 47.2 Å². The van der Waals surface area contributed by atoms with Gasteiger partial charge >= 0.3 is 5.97 Å². The molecule has 7 amide bonds. The molecule has 24 heteroatoms. The summed E-state index contributed by atoms with van der Waals surface area (Å²) in [5, 5.41) is 41.3. The van der Waals surface area contributed by atoms with E-state index in [2.05, 4.69) is 52.5 Å². The van der Waals surface area contributed by atoms with Crippen molar-refractivity contribution in [2.45, 2.75) is 173 Å². The van der Waals surface area contributed by atoms with Gasteiger partial charge in [0.1, 0.15) is 42.3 Å².